The molecule has 8 nitrogen and oxygen atoms in total. The average molecular weight is 372 g/mol. The van der Waals surface area contributed by atoms with Gasteiger partial charge >= 0.3 is 5.97 Å². The zero-order valence-electron chi connectivity index (χ0n) is 14.8. The summed E-state index contributed by atoms with van der Waals surface area (Å²) in [4.78, 5) is 33.9. The van der Waals surface area contributed by atoms with Gasteiger partial charge in [0.2, 0.25) is 0 Å². The number of non-ortho nitro benzene ring substituents is 1. The van der Waals surface area contributed by atoms with Crippen molar-refractivity contribution >= 4 is 23.3 Å². The quantitative estimate of drug-likeness (QED) is 0.312. The Bertz CT molecular complexity index is 787. The highest BCUT2D eigenvalue weighted by molar-refractivity contribution is 5.95. The number of nitrogens with one attached hydrogen (secondary N) is 1. The molecule has 0 radical (unpaired) electrons. The summed E-state index contributed by atoms with van der Waals surface area (Å²) in [7, 11) is 0. The van der Waals surface area contributed by atoms with Crippen LogP contribution in [0.2, 0.25) is 0 Å². The van der Waals surface area contributed by atoms with E-state index in [4.69, 9.17) is 9.47 Å². The Kier molecular flexibility index (Phi) is 7.30. The molecule has 0 bridgehead atoms. The number of nitrogens with zero attached hydrogens (tertiary/aromatic N) is 1. The molecule has 0 aromatic heterocycles. The van der Waals surface area contributed by atoms with Crippen LogP contribution >= 0.6 is 0 Å². The summed E-state index contributed by atoms with van der Waals surface area (Å²) in [6.07, 6.45) is 1.99. The number of hydrogen-bond acceptors (Lipinski definition) is 6. The van der Waals surface area contributed by atoms with E-state index < -0.39 is 23.4 Å². The Morgan fingerprint density at radius 1 is 1.07 bits per heavy atom. The molecule has 0 spiro atoms. The number of ether oxygens (including phenoxy) is 2. The van der Waals surface area contributed by atoms with Gasteiger partial charge in [0.25, 0.3) is 11.6 Å². The molecule has 27 heavy (non-hydrogen) atoms. The van der Waals surface area contributed by atoms with Gasteiger partial charge in [0.15, 0.2) is 6.61 Å². The van der Waals surface area contributed by atoms with Crippen LogP contribution in [0.4, 0.5) is 11.4 Å². The van der Waals surface area contributed by atoms with E-state index in [1.165, 1.54) is 24.3 Å². The molecule has 2 aromatic carbocycles. The number of benzene rings is 2. The first-order valence-corrected chi connectivity index (χ1v) is 8.44. The van der Waals surface area contributed by atoms with E-state index in [9.17, 15) is 19.7 Å². The van der Waals surface area contributed by atoms with Crippen LogP contribution in [0, 0.1) is 10.1 Å². The molecule has 0 aliphatic carbocycles. The third-order valence-corrected chi connectivity index (χ3v) is 3.55. The van der Waals surface area contributed by atoms with Crippen molar-refractivity contribution in [3.05, 3.63) is 64.2 Å². The van der Waals surface area contributed by atoms with Crippen molar-refractivity contribution < 1.29 is 24.0 Å². The van der Waals surface area contributed by atoms with Crippen LogP contribution in [0.25, 0.3) is 0 Å². The first kappa shape index (κ1) is 19.9. The van der Waals surface area contributed by atoms with E-state index in [2.05, 4.69) is 12.2 Å². The minimum absolute atomic E-state index is 0.0819. The Hall–Kier alpha value is -3.42. The highest BCUT2D eigenvalue weighted by Gasteiger charge is 2.11. The molecule has 1 N–H and O–H groups in total. The van der Waals surface area contributed by atoms with E-state index in [1.807, 2.05) is 0 Å². The number of amides is 1. The lowest BCUT2D eigenvalue weighted by atomic mass is 10.2. The zero-order valence-corrected chi connectivity index (χ0v) is 14.8. The molecule has 0 saturated heterocycles. The molecule has 0 atom stereocenters. The van der Waals surface area contributed by atoms with Crippen LogP contribution in [-0.4, -0.2) is 30.0 Å². The largest absolute Gasteiger partial charge is 0.494 e. The third kappa shape index (κ3) is 6.43. The molecule has 0 unspecified atom stereocenters. The highest BCUT2D eigenvalue weighted by Crippen LogP contribution is 2.16. The standard InChI is InChI=1S/C19H20N2O6/c1-2-3-12-26-17-10-4-14(5-11-17)19(23)27-13-18(22)20-15-6-8-16(9-7-15)21(24)25/h4-11H,2-3,12-13H2,1H3,(H,20,22). The van der Waals surface area contributed by atoms with Crippen molar-refractivity contribution in [2.45, 2.75) is 19.8 Å². The van der Waals surface area contributed by atoms with Gasteiger partial charge in [-0.05, 0) is 42.8 Å². The zero-order chi connectivity index (χ0) is 19.6. The normalized spacial score (nSPS) is 10.1. The summed E-state index contributed by atoms with van der Waals surface area (Å²) < 4.78 is 10.5. The molecular formula is C19H20N2O6. The molecule has 0 aliphatic rings. The van der Waals surface area contributed by atoms with Gasteiger partial charge in [-0.1, -0.05) is 13.3 Å². The predicted octanol–water partition coefficient (Wildman–Crippen LogP) is 3.57. The summed E-state index contributed by atoms with van der Waals surface area (Å²) in [6, 6.07) is 11.8. The van der Waals surface area contributed by atoms with Crippen LogP contribution in [-0.2, 0) is 9.53 Å². The van der Waals surface area contributed by atoms with Crippen molar-refractivity contribution in [2.75, 3.05) is 18.5 Å². The Morgan fingerprint density at radius 3 is 2.33 bits per heavy atom. The van der Waals surface area contributed by atoms with Gasteiger partial charge < -0.3 is 14.8 Å². The fourth-order valence-electron chi connectivity index (χ4n) is 2.10. The summed E-state index contributed by atoms with van der Waals surface area (Å²) in [6.45, 7) is 2.22. The number of rotatable bonds is 9. The van der Waals surface area contributed by atoms with Crippen LogP contribution in [0.3, 0.4) is 0 Å². The number of esters is 1. The first-order valence-electron chi connectivity index (χ1n) is 8.44. The van der Waals surface area contributed by atoms with Crippen LogP contribution in [0.1, 0.15) is 30.1 Å². The van der Waals surface area contributed by atoms with Crippen LogP contribution in [0.5, 0.6) is 5.75 Å². The molecule has 0 saturated carbocycles. The van der Waals surface area contributed by atoms with Crippen molar-refractivity contribution in [2.24, 2.45) is 0 Å². The summed E-state index contributed by atoms with van der Waals surface area (Å²) in [5, 5.41) is 13.1. The molecular weight excluding hydrogens is 352 g/mol. The maximum atomic E-state index is 12.0. The van der Waals surface area contributed by atoms with Crippen molar-refractivity contribution in [1.82, 2.24) is 0 Å². The van der Waals surface area contributed by atoms with Crippen molar-refractivity contribution in [3.8, 4) is 5.75 Å². The van der Waals surface area contributed by atoms with E-state index in [-0.39, 0.29) is 5.69 Å². The Morgan fingerprint density at radius 2 is 1.74 bits per heavy atom. The van der Waals surface area contributed by atoms with Gasteiger partial charge in [-0.25, -0.2) is 4.79 Å². The lowest BCUT2D eigenvalue weighted by molar-refractivity contribution is -0.384. The topological polar surface area (TPSA) is 108 Å². The lowest BCUT2D eigenvalue weighted by Crippen LogP contribution is -2.20. The molecule has 0 fully saturated rings. The minimum Gasteiger partial charge on any atom is -0.494 e. The molecule has 8 heteroatoms. The van der Waals surface area contributed by atoms with E-state index >= 15 is 0 Å². The fraction of sp³-hybridized carbons (Fsp3) is 0.263. The number of anilines is 1. The lowest BCUT2D eigenvalue weighted by Gasteiger charge is -2.08. The summed E-state index contributed by atoms with van der Waals surface area (Å²) in [5.41, 5.74) is 0.595. The summed E-state index contributed by atoms with van der Waals surface area (Å²) in [5.74, 6) is -0.512. The van der Waals surface area contributed by atoms with Gasteiger partial charge in [0, 0.05) is 17.8 Å². The monoisotopic (exact) mass is 372 g/mol. The SMILES string of the molecule is CCCCOc1ccc(C(=O)OCC(=O)Nc2ccc([N+](=O)[O-])cc2)cc1. The smallest absolute Gasteiger partial charge is 0.338 e. The maximum Gasteiger partial charge on any atom is 0.338 e. The van der Waals surface area contributed by atoms with Gasteiger partial charge in [0.1, 0.15) is 5.75 Å². The first-order chi connectivity index (χ1) is 13.0. The number of nitro groups is 1. The van der Waals surface area contributed by atoms with Gasteiger partial charge in [-0.2, -0.15) is 0 Å². The minimum atomic E-state index is -0.631. The van der Waals surface area contributed by atoms with E-state index in [0.717, 1.165) is 12.8 Å². The van der Waals surface area contributed by atoms with Gasteiger partial charge in [-0.3, -0.25) is 14.9 Å². The van der Waals surface area contributed by atoms with Crippen LogP contribution < -0.4 is 10.1 Å². The number of unbranched alkanes of at least 4 members (excludes halogenated alkanes) is 1. The van der Waals surface area contributed by atoms with E-state index in [0.29, 0.717) is 23.6 Å². The predicted molar refractivity (Wildman–Crippen MR) is 98.9 cm³/mol. The number of nitro benzene ring substituents is 1. The second-order valence-corrected chi connectivity index (χ2v) is 5.65. The molecule has 2 aromatic rings. The van der Waals surface area contributed by atoms with Crippen molar-refractivity contribution in [1.29, 1.82) is 0 Å². The average Bonchev–Trinajstić information content (AvgIpc) is 2.67. The molecule has 142 valence electrons. The third-order valence-electron chi connectivity index (χ3n) is 3.55. The maximum absolute atomic E-state index is 12.0. The molecule has 0 heterocycles. The second kappa shape index (κ2) is 9.91. The number of carbonyl (C=O) groups excluding carboxylic acids is 2. The fourth-order valence-corrected chi connectivity index (χ4v) is 2.10. The molecule has 2 rings (SSSR count). The highest BCUT2D eigenvalue weighted by atomic mass is 16.6. The van der Waals surface area contributed by atoms with Crippen LogP contribution in [0.15, 0.2) is 48.5 Å². The Balaban J connectivity index is 1.80. The number of hydrogen-bond donors (Lipinski definition) is 1. The Labute approximate surface area is 156 Å². The number of carbonyl (C=O) groups is 2. The van der Waals surface area contributed by atoms with E-state index in [1.54, 1.807) is 24.3 Å². The molecule has 1 amide bonds. The van der Waals surface area contributed by atoms with Crippen molar-refractivity contribution in [3.63, 3.8) is 0 Å². The molecule has 0 aliphatic heterocycles. The summed E-state index contributed by atoms with van der Waals surface area (Å²) >= 11 is 0. The second-order valence-electron chi connectivity index (χ2n) is 5.65. The van der Waals surface area contributed by atoms with Gasteiger partial charge in [-0.15, -0.1) is 0 Å². The van der Waals surface area contributed by atoms with Gasteiger partial charge in [0.05, 0.1) is 17.1 Å².